The largest absolute Gasteiger partial charge is 0.318 e. The summed E-state index contributed by atoms with van der Waals surface area (Å²) in [6.07, 6.45) is 0. The second-order valence-electron chi connectivity index (χ2n) is 3.78. The number of thiophene rings is 1. The van der Waals surface area contributed by atoms with Crippen molar-refractivity contribution in [2.75, 3.05) is 27.2 Å². The molecule has 0 aromatic carbocycles. The minimum Gasteiger partial charge on any atom is -0.318 e. The Morgan fingerprint density at radius 3 is 2.64 bits per heavy atom. The first kappa shape index (κ1) is 11.7. The molecule has 0 saturated carbocycles. The van der Waals surface area contributed by atoms with Crippen LogP contribution in [0.3, 0.4) is 0 Å². The van der Waals surface area contributed by atoms with Gasteiger partial charge in [-0.1, -0.05) is 0 Å². The van der Waals surface area contributed by atoms with Crippen LogP contribution < -0.4 is 5.32 Å². The van der Waals surface area contributed by atoms with E-state index in [0.29, 0.717) is 0 Å². The van der Waals surface area contributed by atoms with E-state index in [0.717, 1.165) is 19.6 Å². The molecule has 1 N–H and O–H groups in total. The quantitative estimate of drug-likeness (QED) is 0.803. The van der Waals surface area contributed by atoms with Gasteiger partial charge >= 0.3 is 0 Å². The average molecular weight is 212 g/mol. The Bertz CT molecular complexity index is 281. The Hall–Kier alpha value is -0.380. The molecule has 0 aliphatic heterocycles. The van der Waals surface area contributed by atoms with E-state index in [1.807, 2.05) is 18.4 Å². The summed E-state index contributed by atoms with van der Waals surface area (Å²) in [5.74, 6) is 0. The second-order valence-corrected chi connectivity index (χ2v) is 5.24. The summed E-state index contributed by atoms with van der Waals surface area (Å²) < 4.78 is 0. The maximum absolute atomic E-state index is 3.17. The Morgan fingerprint density at radius 2 is 2.14 bits per heavy atom. The van der Waals surface area contributed by atoms with Crippen molar-refractivity contribution in [3.8, 4) is 0 Å². The molecule has 3 heteroatoms. The van der Waals surface area contributed by atoms with Gasteiger partial charge in [-0.25, -0.2) is 0 Å². The minimum atomic E-state index is 1.05. The summed E-state index contributed by atoms with van der Waals surface area (Å²) in [7, 11) is 4.16. The van der Waals surface area contributed by atoms with Gasteiger partial charge in [-0.2, -0.15) is 0 Å². The van der Waals surface area contributed by atoms with Crippen molar-refractivity contribution >= 4 is 11.3 Å². The van der Waals surface area contributed by atoms with E-state index in [1.165, 1.54) is 15.3 Å². The van der Waals surface area contributed by atoms with Crippen LogP contribution in [0.5, 0.6) is 0 Å². The lowest BCUT2D eigenvalue weighted by Gasteiger charge is -2.15. The number of rotatable bonds is 5. The summed E-state index contributed by atoms with van der Waals surface area (Å²) in [4.78, 5) is 5.23. The van der Waals surface area contributed by atoms with Crippen LogP contribution in [0.25, 0.3) is 0 Å². The highest BCUT2D eigenvalue weighted by atomic mass is 32.1. The van der Waals surface area contributed by atoms with Crippen LogP contribution in [0.1, 0.15) is 15.3 Å². The van der Waals surface area contributed by atoms with E-state index >= 15 is 0 Å². The van der Waals surface area contributed by atoms with Crippen molar-refractivity contribution in [2.45, 2.75) is 20.4 Å². The maximum Gasteiger partial charge on any atom is 0.0242 e. The van der Waals surface area contributed by atoms with Crippen molar-refractivity contribution in [1.82, 2.24) is 10.2 Å². The van der Waals surface area contributed by atoms with Crippen molar-refractivity contribution in [3.05, 3.63) is 21.4 Å². The molecule has 0 fully saturated rings. The maximum atomic E-state index is 3.17. The molecule has 0 saturated heterocycles. The summed E-state index contributed by atoms with van der Waals surface area (Å²) in [6, 6.07) is 2.30. The van der Waals surface area contributed by atoms with Gasteiger partial charge in [-0.15, -0.1) is 11.3 Å². The molecule has 0 unspecified atom stereocenters. The predicted molar refractivity (Wildman–Crippen MR) is 64.1 cm³/mol. The molecule has 1 rings (SSSR count). The molecule has 0 bridgehead atoms. The van der Waals surface area contributed by atoms with Gasteiger partial charge in [0, 0.05) is 29.4 Å². The molecule has 0 radical (unpaired) electrons. The van der Waals surface area contributed by atoms with Crippen LogP contribution in [0.2, 0.25) is 0 Å². The molecule has 0 aliphatic rings. The number of nitrogens with one attached hydrogen (secondary N) is 1. The number of aryl methyl sites for hydroxylation is 2. The van der Waals surface area contributed by atoms with Crippen LogP contribution in [-0.2, 0) is 6.54 Å². The van der Waals surface area contributed by atoms with E-state index in [4.69, 9.17) is 0 Å². The molecule has 0 spiro atoms. The van der Waals surface area contributed by atoms with Crippen LogP contribution in [-0.4, -0.2) is 32.1 Å². The molecule has 1 aromatic heterocycles. The molecule has 14 heavy (non-hydrogen) atoms. The third-order valence-electron chi connectivity index (χ3n) is 2.33. The molecular weight excluding hydrogens is 192 g/mol. The van der Waals surface area contributed by atoms with Crippen molar-refractivity contribution < 1.29 is 0 Å². The van der Waals surface area contributed by atoms with E-state index in [-0.39, 0.29) is 0 Å². The first-order valence-electron chi connectivity index (χ1n) is 5.02. The number of hydrogen-bond donors (Lipinski definition) is 1. The van der Waals surface area contributed by atoms with Gasteiger partial charge in [0.2, 0.25) is 0 Å². The van der Waals surface area contributed by atoms with Crippen LogP contribution in [0, 0.1) is 13.8 Å². The van der Waals surface area contributed by atoms with Crippen LogP contribution >= 0.6 is 11.3 Å². The van der Waals surface area contributed by atoms with E-state index in [2.05, 4.69) is 37.2 Å². The zero-order valence-corrected chi connectivity index (χ0v) is 10.4. The van der Waals surface area contributed by atoms with Crippen molar-refractivity contribution in [1.29, 1.82) is 0 Å². The molecule has 1 aromatic rings. The fourth-order valence-electron chi connectivity index (χ4n) is 1.51. The van der Waals surface area contributed by atoms with Crippen molar-refractivity contribution in [3.63, 3.8) is 0 Å². The molecule has 0 amide bonds. The molecular formula is C11H20N2S. The first-order valence-corrected chi connectivity index (χ1v) is 5.84. The average Bonchev–Trinajstić information content (AvgIpc) is 2.42. The standard InChI is InChI=1S/C11H20N2S/c1-9-7-11(10(2)14-9)8-13(4)6-5-12-3/h7,12H,5-6,8H2,1-4H3. The summed E-state index contributed by atoms with van der Waals surface area (Å²) in [5.41, 5.74) is 1.48. The zero-order valence-electron chi connectivity index (χ0n) is 9.55. The predicted octanol–water partition coefficient (Wildman–Crippen LogP) is 2.02. The lowest BCUT2D eigenvalue weighted by Crippen LogP contribution is -2.26. The van der Waals surface area contributed by atoms with Gasteiger partial charge in [0.25, 0.3) is 0 Å². The Morgan fingerprint density at radius 1 is 1.43 bits per heavy atom. The lowest BCUT2D eigenvalue weighted by molar-refractivity contribution is 0.328. The van der Waals surface area contributed by atoms with Gasteiger partial charge in [-0.3, -0.25) is 0 Å². The highest BCUT2D eigenvalue weighted by molar-refractivity contribution is 7.12. The van der Waals surface area contributed by atoms with Crippen molar-refractivity contribution in [2.24, 2.45) is 0 Å². The molecule has 80 valence electrons. The summed E-state index contributed by atoms with van der Waals surface area (Å²) in [5, 5.41) is 3.17. The Balaban J connectivity index is 2.47. The third-order valence-corrected chi connectivity index (χ3v) is 3.34. The monoisotopic (exact) mass is 212 g/mol. The minimum absolute atomic E-state index is 1.05. The fourth-order valence-corrected chi connectivity index (χ4v) is 2.45. The smallest absolute Gasteiger partial charge is 0.0242 e. The topological polar surface area (TPSA) is 15.3 Å². The lowest BCUT2D eigenvalue weighted by atomic mass is 10.2. The van der Waals surface area contributed by atoms with Gasteiger partial charge < -0.3 is 10.2 Å². The Kier molecular flexibility index (Phi) is 4.58. The fraction of sp³-hybridized carbons (Fsp3) is 0.636. The third kappa shape index (κ3) is 3.40. The highest BCUT2D eigenvalue weighted by Gasteiger charge is 2.05. The van der Waals surface area contributed by atoms with E-state index < -0.39 is 0 Å². The number of hydrogen-bond acceptors (Lipinski definition) is 3. The first-order chi connectivity index (χ1) is 6.63. The van der Waals surface area contributed by atoms with Gasteiger partial charge in [0.1, 0.15) is 0 Å². The normalized spacial score (nSPS) is 11.2. The van der Waals surface area contributed by atoms with Gasteiger partial charge in [-0.05, 0) is 39.6 Å². The summed E-state index contributed by atoms with van der Waals surface area (Å²) >= 11 is 1.89. The molecule has 0 aliphatic carbocycles. The van der Waals surface area contributed by atoms with E-state index in [1.54, 1.807) is 0 Å². The zero-order chi connectivity index (χ0) is 10.6. The van der Waals surface area contributed by atoms with Crippen LogP contribution in [0.15, 0.2) is 6.07 Å². The molecule has 1 heterocycles. The Labute approximate surface area is 90.9 Å². The number of likely N-dealkylation sites (N-methyl/N-ethyl adjacent to an activating group) is 2. The summed E-state index contributed by atoms with van der Waals surface area (Å²) in [6.45, 7) is 7.61. The highest BCUT2D eigenvalue weighted by Crippen LogP contribution is 2.21. The van der Waals surface area contributed by atoms with Crippen LogP contribution in [0.4, 0.5) is 0 Å². The second kappa shape index (κ2) is 5.49. The number of nitrogens with zero attached hydrogens (tertiary/aromatic N) is 1. The SMILES string of the molecule is CNCCN(C)Cc1cc(C)sc1C. The van der Waals surface area contributed by atoms with Gasteiger partial charge in [0.15, 0.2) is 0 Å². The molecule has 2 nitrogen and oxygen atoms in total. The molecule has 0 atom stereocenters. The van der Waals surface area contributed by atoms with Gasteiger partial charge in [0.05, 0.1) is 0 Å². The van der Waals surface area contributed by atoms with E-state index in [9.17, 15) is 0 Å².